The van der Waals surface area contributed by atoms with Crippen molar-refractivity contribution in [3.05, 3.63) is 28.7 Å². The number of nitrogens with one attached hydrogen (secondary N) is 2. The summed E-state index contributed by atoms with van der Waals surface area (Å²) in [5.41, 5.74) is 0. The first kappa shape index (κ1) is 20.4. The molecule has 140 valence electrons. The van der Waals surface area contributed by atoms with Crippen LogP contribution in [0.25, 0.3) is 0 Å². The third kappa shape index (κ3) is 5.51. The molecule has 1 saturated heterocycles. The van der Waals surface area contributed by atoms with E-state index in [1.54, 1.807) is 12.1 Å². The van der Waals surface area contributed by atoms with Gasteiger partial charge in [-0.3, -0.25) is 4.79 Å². The van der Waals surface area contributed by atoms with Gasteiger partial charge in [0, 0.05) is 11.1 Å². The zero-order valence-electron chi connectivity index (χ0n) is 14.7. The number of ether oxygens (including phenoxy) is 1. The number of benzene rings is 1. The summed E-state index contributed by atoms with van der Waals surface area (Å²) in [6.07, 6.45) is 1.87. The summed E-state index contributed by atoms with van der Waals surface area (Å²) in [6, 6.07) is 5.29. The molecule has 0 bridgehead atoms. The average Bonchev–Trinajstić information content (AvgIpc) is 3.07. The second-order valence-electron chi connectivity index (χ2n) is 6.65. The van der Waals surface area contributed by atoms with E-state index in [2.05, 4.69) is 26.0 Å². The van der Waals surface area contributed by atoms with Crippen molar-refractivity contribution >= 4 is 31.9 Å². The highest BCUT2D eigenvalue weighted by Crippen LogP contribution is 2.18. The van der Waals surface area contributed by atoms with Crippen molar-refractivity contribution in [2.24, 2.45) is 5.92 Å². The topological polar surface area (TPSA) is 84.5 Å². The van der Waals surface area contributed by atoms with Gasteiger partial charge in [-0.15, -0.1) is 0 Å². The van der Waals surface area contributed by atoms with E-state index in [0.717, 1.165) is 17.3 Å². The molecule has 2 N–H and O–H groups in total. The smallest absolute Gasteiger partial charge is 0.241 e. The van der Waals surface area contributed by atoms with Gasteiger partial charge < -0.3 is 10.1 Å². The highest BCUT2D eigenvalue weighted by molar-refractivity contribution is 9.10. The van der Waals surface area contributed by atoms with Gasteiger partial charge in [0.05, 0.1) is 17.0 Å². The van der Waals surface area contributed by atoms with Crippen LogP contribution >= 0.6 is 15.9 Å². The molecule has 1 heterocycles. The van der Waals surface area contributed by atoms with Crippen LogP contribution < -0.4 is 10.0 Å². The Labute approximate surface area is 157 Å². The highest BCUT2D eigenvalue weighted by Gasteiger charge is 2.31. The third-order valence-electron chi connectivity index (χ3n) is 4.25. The lowest BCUT2D eigenvalue weighted by atomic mass is 10.0. The van der Waals surface area contributed by atoms with Gasteiger partial charge in [0.1, 0.15) is 6.04 Å². The van der Waals surface area contributed by atoms with Gasteiger partial charge in [-0.2, -0.15) is 4.72 Å². The highest BCUT2D eigenvalue weighted by atomic mass is 79.9. The van der Waals surface area contributed by atoms with Crippen LogP contribution in [-0.2, 0) is 19.6 Å². The van der Waals surface area contributed by atoms with E-state index >= 15 is 0 Å². The fraction of sp³-hybridized carbons (Fsp3) is 0.588. The van der Waals surface area contributed by atoms with E-state index in [0.29, 0.717) is 6.61 Å². The maximum atomic E-state index is 12.6. The maximum Gasteiger partial charge on any atom is 0.241 e. The molecule has 8 heteroatoms. The Morgan fingerprint density at radius 1 is 1.24 bits per heavy atom. The third-order valence-corrected chi connectivity index (χ3v) is 6.23. The van der Waals surface area contributed by atoms with Crippen LogP contribution in [0.4, 0.5) is 0 Å². The molecule has 25 heavy (non-hydrogen) atoms. The minimum Gasteiger partial charge on any atom is -0.376 e. The van der Waals surface area contributed by atoms with Crippen molar-refractivity contribution in [2.45, 2.75) is 56.7 Å². The summed E-state index contributed by atoms with van der Waals surface area (Å²) < 4.78 is 34.0. The first-order chi connectivity index (χ1) is 11.7. The molecular weight excluding hydrogens is 408 g/mol. The molecule has 0 aromatic heterocycles. The Morgan fingerprint density at radius 3 is 2.40 bits per heavy atom. The zero-order chi connectivity index (χ0) is 18.6. The van der Waals surface area contributed by atoms with Gasteiger partial charge in [-0.25, -0.2) is 8.42 Å². The van der Waals surface area contributed by atoms with Crippen molar-refractivity contribution in [1.82, 2.24) is 10.0 Å². The Kier molecular flexibility index (Phi) is 7.01. The van der Waals surface area contributed by atoms with E-state index in [-0.39, 0.29) is 28.9 Å². The predicted octanol–water partition coefficient (Wildman–Crippen LogP) is 2.44. The molecule has 1 aromatic rings. The molecule has 0 aliphatic carbocycles. The van der Waals surface area contributed by atoms with E-state index in [1.165, 1.54) is 12.1 Å². The van der Waals surface area contributed by atoms with Gasteiger partial charge in [0.25, 0.3) is 0 Å². The van der Waals surface area contributed by atoms with Crippen LogP contribution in [0.3, 0.4) is 0 Å². The van der Waals surface area contributed by atoms with Crippen LogP contribution in [0.15, 0.2) is 33.6 Å². The summed E-state index contributed by atoms with van der Waals surface area (Å²) in [6.45, 7) is 6.21. The summed E-state index contributed by atoms with van der Waals surface area (Å²) in [7, 11) is -3.78. The lowest BCUT2D eigenvalue weighted by Crippen LogP contribution is -2.53. The summed E-state index contributed by atoms with van der Waals surface area (Å²) >= 11 is 3.28. The van der Waals surface area contributed by atoms with Gasteiger partial charge in [-0.1, -0.05) is 29.8 Å². The SMILES string of the molecule is CC(NC(=O)[C@@H](NS(=O)(=O)c1ccc(Br)cc1)C(C)C)C1CCCO1. The second-order valence-corrected chi connectivity index (χ2v) is 9.28. The monoisotopic (exact) mass is 432 g/mol. The average molecular weight is 433 g/mol. The molecule has 0 saturated carbocycles. The first-order valence-corrected chi connectivity index (χ1v) is 10.7. The Balaban J connectivity index is 2.08. The van der Waals surface area contributed by atoms with Crippen LogP contribution in [0.1, 0.15) is 33.6 Å². The van der Waals surface area contributed by atoms with Crippen molar-refractivity contribution in [3.8, 4) is 0 Å². The number of hydrogen-bond acceptors (Lipinski definition) is 4. The van der Waals surface area contributed by atoms with Crippen molar-refractivity contribution < 1.29 is 17.9 Å². The second kappa shape index (κ2) is 8.62. The molecule has 1 aromatic carbocycles. The van der Waals surface area contributed by atoms with Crippen molar-refractivity contribution in [1.29, 1.82) is 0 Å². The molecule has 1 aliphatic heterocycles. The van der Waals surface area contributed by atoms with Gasteiger partial charge in [-0.05, 0) is 49.9 Å². The van der Waals surface area contributed by atoms with Crippen molar-refractivity contribution in [3.63, 3.8) is 0 Å². The quantitative estimate of drug-likeness (QED) is 0.692. The van der Waals surface area contributed by atoms with Gasteiger partial charge in [0.2, 0.25) is 15.9 Å². The number of hydrogen-bond donors (Lipinski definition) is 2. The lowest BCUT2D eigenvalue weighted by molar-refractivity contribution is -0.125. The van der Waals surface area contributed by atoms with E-state index in [9.17, 15) is 13.2 Å². The Hall–Kier alpha value is -0.960. The molecule has 2 unspecified atom stereocenters. The molecule has 6 nitrogen and oxygen atoms in total. The normalized spacial score (nSPS) is 20.4. The predicted molar refractivity (Wildman–Crippen MR) is 99.7 cm³/mol. The van der Waals surface area contributed by atoms with Crippen LogP contribution in [0, 0.1) is 5.92 Å². The molecule has 0 spiro atoms. The number of halogens is 1. The molecule has 1 aliphatic rings. The van der Waals surface area contributed by atoms with Gasteiger partial charge >= 0.3 is 0 Å². The fourth-order valence-corrected chi connectivity index (χ4v) is 4.35. The number of sulfonamides is 1. The minimum absolute atomic E-state index is 0.0140. The van der Waals surface area contributed by atoms with E-state index < -0.39 is 16.1 Å². The largest absolute Gasteiger partial charge is 0.376 e. The maximum absolute atomic E-state index is 12.6. The number of rotatable bonds is 7. The number of carbonyl (C=O) groups excluding carboxylic acids is 1. The number of amides is 1. The van der Waals surface area contributed by atoms with E-state index in [1.807, 2.05) is 20.8 Å². The first-order valence-electron chi connectivity index (χ1n) is 8.40. The van der Waals surface area contributed by atoms with Gasteiger partial charge in [0.15, 0.2) is 0 Å². The number of carbonyl (C=O) groups is 1. The molecule has 3 atom stereocenters. The molecule has 2 rings (SSSR count). The Bertz CT molecular complexity index is 685. The Morgan fingerprint density at radius 2 is 1.88 bits per heavy atom. The zero-order valence-corrected chi connectivity index (χ0v) is 17.1. The standard InChI is InChI=1S/C17H25BrN2O4S/c1-11(2)16(17(21)19-12(3)15-5-4-10-24-15)20-25(22,23)14-8-6-13(18)7-9-14/h6-9,11-12,15-16,20H,4-5,10H2,1-3H3,(H,19,21)/t12?,15?,16-/m0/s1. The summed E-state index contributed by atoms with van der Waals surface area (Å²) in [5, 5.41) is 2.89. The minimum atomic E-state index is -3.78. The molecule has 1 amide bonds. The van der Waals surface area contributed by atoms with Crippen molar-refractivity contribution in [2.75, 3.05) is 6.61 Å². The van der Waals surface area contributed by atoms with Crippen LogP contribution in [0.2, 0.25) is 0 Å². The van der Waals surface area contributed by atoms with Crippen LogP contribution in [0.5, 0.6) is 0 Å². The summed E-state index contributed by atoms with van der Waals surface area (Å²) in [5.74, 6) is -0.527. The molecule has 0 radical (unpaired) electrons. The summed E-state index contributed by atoms with van der Waals surface area (Å²) in [4.78, 5) is 12.7. The molecular formula is C17H25BrN2O4S. The lowest BCUT2D eigenvalue weighted by Gasteiger charge is -2.26. The van der Waals surface area contributed by atoms with Crippen LogP contribution in [-0.4, -0.2) is 39.1 Å². The molecule has 1 fully saturated rings. The fourth-order valence-electron chi connectivity index (χ4n) is 2.75. The van der Waals surface area contributed by atoms with E-state index in [4.69, 9.17) is 4.74 Å².